The van der Waals surface area contributed by atoms with Crippen LogP contribution in [0.2, 0.25) is 0 Å². The van der Waals surface area contributed by atoms with Gasteiger partial charge in [-0.2, -0.15) is 0 Å². The number of hydrogen-bond donors (Lipinski definition) is 2. The van der Waals surface area contributed by atoms with Crippen LogP contribution in [0.15, 0.2) is 0 Å². The molecule has 2 aliphatic rings. The molecule has 10 heavy (non-hydrogen) atoms. The van der Waals surface area contributed by atoms with Crippen molar-refractivity contribution in [2.45, 2.75) is 30.6 Å². The highest BCUT2D eigenvalue weighted by atomic mass is 16.3. The van der Waals surface area contributed by atoms with Gasteiger partial charge in [0.05, 0.1) is 17.7 Å². The molecule has 0 bridgehead atoms. The van der Waals surface area contributed by atoms with Crippen molar-refractivity contribution in [3.8, 4) is 0 Å². The first-order valence-corrected chi connectivity index (χ1v) is 3.72. The van der Waals surface area contributed by atoms with E-state index in [0.29, 0.717) is 0 Å². The molecule has 2 fully saturated rings. The maximum Gasteiger partial charge on any atom is 0.0744 e. The second-order valence-corrected chi connectivity index (χ2v) is 3.56. The van der Waals surface area contributed by atoms with Crippen molar-refractivity contribution in [1.29, 1.82) is 0 Å². The van der Waals surface area contributed by atoms with Crippen LogP contribution in [0.4, 0.5) is 0 Å². The van der Waals surface area contributed by atoms with Crippen LogP contribution >= 0.6 is 0 Å². The maximum atomic E-state index is 9.25. The monoisotopic (exact) mass is 143 g/mol. The molecule has 2 unspecified atom stereocenters. The van der Waals surface area contributed by atoms with Crippen molar-refractivity contribution in [1.82, 2.24) is 4.90 Å². The Balaban J connectivity index is 2.11. The SMILES string of the molecule is CN1C[C@@H](O)CC12CC2O. The first kappa shape index (κ1) is 6.58. The molecular formula is C7H13NO2. The molecule has 0 amide bonds. The lowest BCUT2D eigenvalue weighted by Gasteiger charge is -2.16. The number of rotatable bonds is 0. The van der Waals surface area contributed by atoms with Crippen LogP contribution in [0.25, 0.3) is 0 Å². The van der Waals surface area contributed by atoms with E-state index in [-0.39, 0.29) is 17.7 Å². The normalized spacial score (nSPS) is 54.3. The molecule has 1 spiro atoms. The van der Waals surface area contributed by atoms with Crippen LogP contribution in [0.3, 0.4) is 0 Å². The van der Waals surface area contributed by atoms with Crippen molar-refractivity contribution in [2.75, 3.05) is 13.6 Å². The van der Waals surface area contributed by atoms with Crippen molar-refractivity contribution in [3.05, 3.63) is 0 Å². The van der Waals surface area contributed by atoms with Gasteiger partial charge in [-0.15, -0.1) is 0 Å². The lowest BCUT2D eigenvalue weighted by molar-refractivity contribution is 0.178. The van der Waals surface area contributed by atoms with E-state index in [2.05, 4.69) is 4.90 Å². The summed E-state index contributed by atoms with van der Waals surface area (Å²) in [7, 11) is 1.96. The summed E-state index contributed by atoms with van der Waals surface area (Å²) in [5, 5.41) is 18.5. The standard InChI is InChI=1S/C7H13NO2/c1-8-4-5(9)2-7(8)3-6(7)10/h5-6,9-10H,2-4H2,1H3/t5-,6?,7?/m0/s1. The molecular weight excluding hydrogens is 130 g/mol. The topological polar surface area (TPSA) is 43.7 Å². The smallest absolute Gasteiger partial charge is 0.0744 e. The first-order chi connectivity index (χ1) is 4.65. The molecule has 2 N–H and O–H groups in total. The Morgan fingerprint density at radius 1 is 1.40 bits per heavy atom. The summed E-state index contributed by atoms with van der Waals surface area (Å²) in [4.78, 5) is 2.07. The Morgan fingerprint density at radius 3 is 2.20 bits per heavy atom. The fourth-order valence-electron chi connectivity index (χ4n) is 2.03. The fourth-order valence-corrected chi connectivity index (χ4v) is 2.03. The summed E-state index contributed by atoms with van der Waals surface area (Å²) in [6.45, 7) is 0.719. The Labute approximate surface area is 60.3 Å². The fraction of sp³-hybridized carbons (Fsp3) is 1.00. The predicted molar refractivity (Wildman–Crippen MR) is 36.6 cm³/mol. The summed E-state index contributed by atoms with van der Waals surface area (Å²) >= 11 is 0. The molecule has 0 aromatic carbocycles. The van der Waals surface area contributed by atoms with Gasteiger partial charge in [-0.1, -0.05) is 0 Å². The van der Waals surface area contributed by atoms with Crippen molar-refractivity contribution in [3.63, 3.8) is 0 Å². The van der Waals surface area contributed by atoms with Crippen LogP contribution < -0.4 is 0 Å². The zero-order chi connectivity index (χ0) is 7.35. The number of likely N-dealkylation sites (tertiary alicyclic amines) is 1. The van der Waals surface area contributed by atoms with E-state index < -0.39 is 0 Å². The number of likely N-dealkylation sites (N-methyl/N-ethyl adjacent to an activating group) is 1. The molecule has 1 saturated carbocycles. The second-order valence-electron chi connectivity index (χ2n) is 3.56. The van der Waals surface area contributed by atoms with Gasteiger partial charge >= 0.3 is 0 Å². The third-order valence-corrected chi connectivity index (χ3v) is 2.84. The molecule has 0 aromatic heterocycles. The first-order valence-electron chi connectivity index (χ1n) is 3.72. The van der Waals surface area contributed by atoms with Gasteiger partial charge in [0.25, 0.3) is 0 Å². The third kappa shape index (κ3) is 0.654. The highest BCUT2D eigenvalue weighted by Gasteiger charge is 2.60. The van der Waals surface area contributed by atoms with Crippen molar-refractivity contribution >= 4 is 0 Å². The molecule has 0 aromatic rings. The van der Waals surface area contributed by atoms with Crippen LogP contribution in [-0.2, 0) is 0 Å². The molecule has 3 atom stereocenters. The van der Waals surface area contributed by atoms with Gasteiger partial charge < -0.3 is 10.2 Å². The molecule has 3 nitrogen and oxygen atoms in total. The lowest BCUT2D eigenvalue weighted by atomic mass is 10.2. The predicted octanol–water partition coefficient (Wildman–Crippen LogP) is -0.814. The minimum atomic E-state index is -0.220. The molecule has 2 rings (SSSR count). The average Bonchev–Trinajstić information content (AvgIpc) is 2.33. The average molecular weight is 143 g/mol. The second kappa shape index (κ2) is 1.72. The van der Waals surface area contributed by atoms with E-state index in [1.807, 2.05) is 7.05 Å². The van der Waals surface area contributed by atoms with Crippen LogP contribution in [0.1, 0.15) is 12.8 Å². The van der Waals surface area contributed by atoms with Gasteiger partial charge in [0.15, 0.2) is 0 Å². The Kier molecular flexibility index (Phi) is 1.14. The summed E-state index contributed by atoms with van der Waals surface area (Å²) < 4.78 is 0. The molecule has 1 aliphatic carbocycles. The van der Waals surface area contributed by atoms with E-state index >= 15 is 0 Å². The van der Waals surface area contributed by atoms with Gasteiger partial charge in [-0.05, 0) is 19.9 Å². The summed E-state index contributed by atoms with van der Waals surface area (Å²) in [6, 6.07) is 0. The molecule has 1 saturated heterocycles. The quantitative estimate of drug-likeness (QED) is 0.466. The number of β-amino-alcohol motifs (C(OH)–C–C–N with tert-alkyl or cyclic N) is 1. The van der Waals surface area contributed by atoms with Gasteiger partial charge in [-0.25, -0.2) is 0 Å². The van der Waals surface area contributed by atoms with Gasteiger partial charge in [-0.3, -0.25) is 4.90 Å². The Bertz CT molecular complexity index is 162. The molecule has 0 radical (unpaired) electrons. The van der Waals surface area contributed by atoms with E-state index in [0.717, 1.165) is 19.4 Å². The van der Waals surface area contributed by atoms with Crippen LogP contribution in [-0.4, -0.2) is 46.5 Å². The van der Waals surface area contributed by atoms with Gasteiger partial charge in [0, 0.05) is 6.54 Å². The van der Waals surface area contributed by atoms with Crippen molar-refractivity contribution < 1.29 is 10.2 Å². The summed E-state index contributed by atoms with van der Waals surface area (Å²) in [5.74, 6) is 0. The number of aliphatic hydroxyl groups excluding tert-OH is 2. The third-order valence-electron chi connectivity index (χ3n) is 2.84. The number of aliphatic hydroxyl groups is 2. The van der Waals surface area contributed by atoms with E-state index in [1.165, 1.54) is 0 Å². The zero-order valence-corrected chi connectivity index (χ0v) is 6.12. The number of nitrogens with zero attached hydrogens (tertiary/aromatic N) is 1. The maximum absolute atomic E-state index is 9.25. The lowest BCUT2D eigenvalue weighted by Crippen LogP contribution is -2.30. The Morgan fingerprint density at radius 2 is 2.00 bits per heavy atom. The largest absolute Gasteiger partial charge is 0.392 e. The van der Waals surface area contributed by atoms with E-state index in [1.54, 1.807) is 0 Å². The van der Waals surface area contributed by atoms with Crippen LogP contribution in [0.5, 0.6) is 0 Å². The molecule has 58 valence electrons. The Hall–Kier alpha value is -0.120. The minimum Gasteiger partial charge on any atom is -0.392 e. The van der Waals surface area contributed by atoms with Gasteiger partial charge in [0.1, 0.15) is 0 Å². The molecule has 1 aliphatic heterocycles. The molecule has 1 heterocycles. The minimum absolute atomic E-state index is 0.0284. The number of hydrogen-bond acceptors (Lipinski definition) is 3. The van der Waals surface area contributed by atoms with E-state index in [4.69, 9.17) is 0 Å². The highest BCUT2D eigenvalue weighted by Crippen LogP contribution is 2.48. The summed E-state index contributed by atoms with van der Waals surface area (Å²) in [6.07, 6.45) is 1.20. The highest BCUT2D eigenvalue weighted by molar-refractivity contribution is 5.16. The molecule has 3 heteroatoms. The zero-order valence-electron chi connectivity index (χ0n) is 6.12. The summed E-state index contributed by atoms with van der Waals surface area (Å²) in [5.41, 5.74) is -0.0284. The van der Waals surface area contributed by atoms with Crippen molar-refractivity contribution in [2.24, 2.45) is 0 Å². The van der Waals surface area contributed by atoms with Crippen LogP contribution in [0, 0.1) is 0 Å². The van der Waals surface area contributed by atoms with E-state index in [9.17, 15) is 10.2 Å². The van der Waals surface area contributed by atoms with Gasteiger partial charge in [0.2, 0.25) is 0 Å².